The molecule has 1 aromatic carbocycles. The number of benzene rings is 1. The first-order valence-corrected chi connectivity index (χ1v) is 7.30. The number of alkyl halides is 1. The van der Waals surface area contributed by atoms with Gasteiger partial charge >= 0.3 is 0 Å². The molecule has 3 heteroatoms. The van der Waals surface area contributed by atoms with E-state index in [9.17, 15) is 13.9 Å². The number of fused-ring (bicyclic) bond motifs is 1. The lowest BCUT2D eigenvalue weighted by atomic mass is 9.80. The molecule has 0 amide bonds. The molecule has 0 spiro atoms. The van der Waals surface area contributed by atoms with Gasteiger partial charge in [0.25, 0.3) is 0 Å². The largest absolute Gasteiger partial charge is 0.508 e. The van der Waals surface area contributed by atoms with Crippen LogP contribution < -0.4 is 0 Å². The Balaban J connectivity index is 0.00000106. The molecular formula is C18H22F2O. The van der Waals surface area contributed by atoms with Crippen molar-refractivity contribution < 1.29 is 13.9 Å². The molecule has 0 aromatic heterocycles. The fraction of sp³-hybridized carbons (Fsp3) is 0.444. The summed E-state index contributed by atoms with van der Waals surface area (Å²) in [5, 5.41) is 9.92. The Kier molecular flexibility index (Phi) is 5.96. The molecule has 114 valence electrons. The van der Waals surface area contributed by atoms with E-state index in [1.165, 1.54) is 6.07 Å². The van der Waals surface area contributed by atoms with Crippen LogP contribution in [0.2, 0.25) is 0 Å². The molecule has 1 aromatic rings. The summed E-state index contributed by atoms with van der Waals surface area (Å²) in [5.74, 6) is 1.94. The van der Waals surface area contributed by atoms with Crippen LogP contribution in [0.3, 0.4) is 0 Å². The van der Waals surface area contributed by atoms with Crippen molar-refractivity contribution in [2.45, 2.75) is 53.1 Å². The lowest BCUT2D eigenvalue weighted by Gasteiger charge is -2.24. The van der Waals surface area contributed by atoms with E-state index in [4.69, 9.17) is 6.42 Å². The lowest BCUT2D eigenvalue weighted by molar-refractivity contribution is 0.427. The summed E-state index contributed by atoms with van der Waals surface area (Å²) < 4.78 is 27.1. The fourth-order valence-electron chi connectivity index (χ4n) is 2.71. The van der Waals surface area contributed by atoms with Crippen LogP contribution in [0.5, 0.6) is 5.75 Å². The molecule has 1 N–H and O–H groups in total. The topological polar surface area (TPSA) is 20.2 Å². The first-order chi connectivity index (χ1) is 10.0. The minimum absolute atomic E-state index is 0.0409. The minimum Gasteiger partial charge on any atom is -0.508 e. The molecule has 2 rings (SSSR count). The normalized spacial score (nSPS) is 13.4. The number of phenolic OH excluding ortho intramolecular Hbond substituents is 1. The second-order valence-corrected chi connectivity index (χ2v) is 5.03. The molecule has 1 nitrogen and oxygen atoms in total. The van der Waals surface area contributed by atoms with Gasteiger partial charge in [-0.05, 0) is 35.1 Å². The van der Waals surface area contributed by atoms with E-state index < -0.39 is 6.67 Å². The molecule has 0 radical (unpaired) electrons. The second kappa shape index (κ2) is 7.26. The van der Waals surface area contributed by atoms with Crippen molar-refractivity contribution in [2.24, 2.45) is 0 Å². The third-order valence-corrected chi connectivity index (χ3v) is 3.53. The predicted molar refractivity (Wildman–Crippen MR) is 83.5 cm³/mol. The van der Waals surface area contributed by atoms with Gasteiger partial charge in [-0.2, -0.15) is 0 Å². The van der Waals surface area contributed by atoms with E-state index in [1.807, 2.05) is 27.7 Å². The predicted octanol–water partition coefficient (Wildman–Crippen LogP) is 5.27. The number of hydrogen-bond acceptors (Lipinski definition) is 1. The quantitative estimate of drug-likeness (QED) is 0.736. The first kappa shape index (κ1) is 17.2. The number of aromatic hydroxyl groups is 1. The summed E-state index contributed by atoms with van der Waals surface area (Å²) >= 11 is 0. The number of terminal acetylenes is 1. The molecule has 1 aliphatic rings. The molecule has 0 aliphatic heterocycles. The molecule has 0 bridgehead atoms. The van der Waals surface area contributed by atoms with Crippen LogP contribution in [0, 0.1) is 12.3 Å². The zero-order chi connectivity index (χ0) is 16.2. The highest BCUT2D eigenvalue weighted by Gasteiger charge is 2.26. The van der Waals surface area contributed by atoms with E-state index in [1.54, 1.807) is 0 Å². The summed E-state index contributed by atoms with van der Waals surface area (Å²) in [5.41, 5.74) is 2.45. The number of halogens is 2. The Hall–Kier alpha value is -1.82. The van der Waals surface area contributed by atoms with Gasteiger partial charge in [0.2, 0.25) is 0 Å². The average molecular weight is 292 g/mol. The van der Waals surface area contributed by atoms with Gasteiger partial charge in [-0.15, -0.1) is 6.42 Å². The van der Waals surface area contributed by atoms with Gasteiger partial charge in [-0.3, -0.25) is 0 Å². The molecule has 21 heavy (non-hydrogen) atoms. The lowest BCUT2D eigenvalue weighted by Crippen LogP contribution is -2.10. The highest BCUT2D eigenvalue weighted by molar-refractivity contribution is 5.86. The first-order valence-electron chi connectivity index (χ1n) is 7.30. The van der Waals surface area contributed by atoms with Crippen molar-refractivity contribution in [3.63, 3.8) is 0 Å². The van der Waals surface area contributed by atoms with E-state index in [0.29, 0.717) is 17.5 Å². The Labute approximate surface area is 125 Å². The maximum absolute atomic E-state index is 13.9. The highest BCUT2D eigenvalue weighted by atomic mass is 19.1. The number of rotatable bonds is 2. The van der Waals surface area contributed by atoms with Gasteiger partial charge < -0.3 is 5.11 Å². The minimum atomic E-state index is -0.786. The Morgan fingerprint density at radius 2 is 1.95 bits per heavy atom. The maximum Gasteiger partial charge on any atom is 0.122 e. The number of hydrogen-bond donors (Lipinski definition) is 1. The summed E-state index contributed by atoms with van der Waals surface area (Å²) in [6, 6.07) is 1.51. The smallest absolute Gasteiger partial charge is 0.122 e. The van der Waals surface area contributed by atoms with E-state index in [2.05, 4.69) is 5.92 Å². The van der Waals surface area contributed by atoms with Crippen LogP contribution in [0.1, 0.15) is 62.3 Å². The molecule has 0 fully saturated rings. The summed E-state index contributed by atoms with van der Waals surface area (Å²) in [7, 11) is 0. The van der Waals surface area contributed by atoms with Crippen molar-refractivity contribution in [1.29, 1.82) is 0 Å². The fourth-order valence-corrected chi connectivity index (χ4v) is 2.71. The van der Waals surface area contributed by atoms with Crippen LogP contribution in [0.4, 0.5) is 8.78 Å². The van der Waals surface area contributed by atoms with E-state index in [-0.39, 0.29) is 35.1 Å². The SMILES string of the molecule is C#CC1=C(F)CCc2cc(O)c(CF)c(C(C)C)c21.CC. The Morgan fingerprint density at radius 1 is 1.33 bits per heavy atom. The van der Waals surface area contributed by atoms with Gasteiger partial charge in [-0.1, -0.05) is 33.6 Å². The van der Waals surface area contributed by atoms with E-state index in [0.717, 1.165) is 5.56 Å². The van der Waals surface area contributed by atoms with E-state index >= 15 is 0 Å². The zero-order valence-electron chi connectivity index (χ0n) is 13.1. The van der Waals surface area contributed by atoms with Gasteiger partial charge in [0.1, 0.15) is 18.3 Å². The Bertz CT molecular complexity index is 592. The molecule has 1 aliphatic carbocycles. The zero-order valence-corrected chi connectivity index (χ0v) is 13.1. The molecule has 0 atom stereocenters. The van der Waals surface area contributed by atoms with Crippen molar-refractivity contribution in [2.75, 3.05) is 0 Å². The van der Waals surface area contributed by atoms with Crippen LogP contribution in [-0.2, 0) is 13.1 Å². The summed E-state index contributed by atoms with van der Waals surface area (Å²) in [4.78, 5) is 0. The van der Waals surface area contributed by atoms with Gasteiger partial charge in [0, 0.05) is 12.0 Å². The maximum atomic E-state index is 13.9. The van der Waals surface area contributed by atoms with Crippen LogP contribution >= 0.6 is 0 Å². The Morgan fingerprint density at radius 3 is 2.43 bits per heavy atom. The van der Waals surface area contributed by atoms with Crippen LogP contribution in [0.25, 0.3) is 5.57 Å². The number of phenols is 1. The molecule has 0 unspecified atom stereocenters. The van der Waals surface area contributed by atoms with Crippen molar-refractivity contribution in [3.8, 4) is 18.1 Å². The molecule has 0 saturated heterocycles. The van der Waals surface area contributed by atoms with Gasteiger partial charge in [0.05, 0.1) is 5.57 Å². The third kappa shape index (κ3) is 3.10. The highest BCUT2D eigenvalue weighted by Crippen LogP contribution is 2.42. The third-order valence-electron chi connectivity index (χ3n) is 3.53. The summed E-state index contributed by atoms with van der Waals surface area (Å²) in [6.07, 6.45) is 6.12. The monoisotopic (exact) mass is 292 g/mol. The van der Waals surface area contributed by atoms with Crippen molar-refractivity contribution in [3.05, 3.63) is 34.1 Å². The molecule has 0 heterocycles. The average Bonchev–Trinajstić information content (AvgIpc) is 2.48. The van der Waals surface area contributed by atoms with Crippen molar-refractivity contribution >= 4 is 5.57 Å². The van der Waals surface area contributed by atoms with Crippen molar-refractivity contribution in [1.82, 2.24) is 0 Å². The second-order valence-electron chi connectivity index (χ2n) is 5.03. The molecular weight excluding hydrogens is 270 g/mol. The number of allylic oxidation sites excluding steroid dienone is 2. The van der Waals surface area contributed by atoms with Crippen LogP contribution in [0.15, 0.2) is 11.9 Å². The molecule has 0 saturated carbocycles. The standard InChI is InChI=1S/C16H16F2O.C2H6/c1-4-11-13(18)6-5-10-7-14(19)12(8-17)15(9(2)3)16(10)11;1-2/h1,7,9,19H,5-6,8H2,2-3H3;1-2H3. The number of aryl methyl sites for hydroxylation is 1. The van der Waals surface area contributed by atoms with Gasteiger partial charge in [0.15, 0.2) is 0 Å². The van der Waals surface area contributed by atoms with Gasteiger partial charge in [-0.25, -0.2) is 8.78 Å². The van der Waals surface area contributed by atoms with Crippen LogP contribution in [-0.4, -0.2) is 5.11 Å². The summed E-state index contributed by atoms with van der Waals surface area (Å²) in [6.45, 7) is 6.98.